The van der Waals surface area contributed by atoms with Crippen LogP contribution in [0.4, 0.5) is 0 Å². The Morgan fingerprint density at radius 2 is 1.65 bits per heavy atom. The van der Waals surface area contributed by atoms with Gasteiger partial charge >= 0.3 is 0 Å². The molecule has 4 N–H and O–H groups in total. The summed E-state index contributed by atoms with van der Waals surface area (Å²) in [5.41, 5.74) is 11.7. The van der Waals surface area contributed by atoms with E-state index in [1.165, 1.54) is 6.42 Å². The van der Waals surface area contributed by atoms with Crippen LogP contribution >= 0.6 is 0 Å². The van der Waals surface area contributed by atoms with Crippen molar-refractivity contribution in [1.82, 2.24) is 4.90 Å². The number of nitrogens with zero attached hydrogens (tertiary/aromatic N) is 1. The Hall–Kier alpha value is -1.10. The molecule has 3 rings (SSSR count). The van der Waals surface area contributed by atoms with Crippen LogP contribution in [0, 0.1) is 17.8 Å². The summed E-state index contributed by atoms with van der Waals surface area (Å²) in [6.07, 6.45) is 6.97. The first-order valence-corrected chi connectivity index (χ1v) is 7.93. The van der Waals surface area contributed by atoms with Crippen LogP contribution < -0.4 is 11.5 Å². The maximum atomic E-state index is 12.7. The highest BCUT2D eigenvalue weighted by Crippen LogP contribution is 2.42. The minimum absolute atomic E-state index is 0.0602. The number of rotatable bonds is 2. The van der Waals surface area contributed by atoms with E-state index in [9.17, 15) is 9.59 Å². The van der Waals surface area contributed by atoms with E-state index < -0.39 is 0 Å². The van der Waals surface area contributed by atoms with Gasteiger partial charge in [0, 0.05) is 18.5 Å². The third kappa shape index (κ3) is 2.32. The highest BCUT2D eigenvalue weighted by atomic mass is 16.2. The first-order valence-electron chi connectivity index (χ1n) is 7.93. The highest BCUT2D eigenvalue weighted by Gasteiger charge is 2.43. The molecule has 1 heterocycles. The summed E-state index contributed by atoms with van der Waals surface area (Å²) in [6, 6.07) is -0.101. The lowest BCUT2D eigenvalue weighted by molar-refractivity contribution is -0.143. The molecular weight excluding hydrogens is 254 g/mol. The number of amides is 2. The number of carbonyl (C=O) groups excluding carboxylic acids is 2. The number of nitrogens with two attached hydrogens (primary N) is 2. The van der Waals surface area contributed by atoms with E-state index >= 15 is 0 Å². The highest BCUT2D eigenvalue weighted by molar-refractivity contribution is 5.88. The number of carbonyl (C=O) groups is 2. The van der Waals surface area contributed by atoms with Crippen LogP contribution in [0.3, 0.4) is 0 Å². The van der Waals surface area contributed by atoms with Crippen molar-refractivity contribution in [2.75, 3.05) is 6.54 Å². The van der Waals surface area contributed by atoms with E-state index in [2.05, 4.69) is 0 Å². The molecule has 0 aromatic heterocycles. The van der Waals surface area contributed by atoms with Gasteiger partial charge in [-0.05, 0) is 50.4 Å². The van der Waals surface area contributed by atoms with Gasteiger partial charge in [-0.15, -0.1) is 0 Å². The maximum Gasteiger partial charge on any atom is 0.240 e. The number of primary amides is 1. The topological polar surface area (TPSA) is 89.4 Å². The van der Waals surface area contributed by atoms with Crippen molar-refractivity contribution < 1.29 is 9.59 Å². The Morgan fingerprint density at radius 3 is 2.25 bits per heavy atom. The number of fused-ring (bicyclic) bond motifs is 2. The van der Waals surface area contributed by atoms with Crippen LogP contribution in [0.15, 0.2) is 0 Å². The zero-order valence-corrected chi connectivity index (χ0v) is 12.0. The normalized spacial score (nSPS) is 40.6. The fourth-order valence-corrected chi connectivity index (χ4v) is 4.55. The summed E-state index contributed by atoms with van der Waals surface area (Å²) in [6.45, 7) is 0.685. The van der Waals surface area contributed by atoms with Crippen LogP contribution in [-0.2, 0) is 9.59 Å². The SMILES string of the molecule is NC(=O)C1CCCN1C(=O)C1CC2CCCC(C1)C2N. The second kappa shape index (κ2) is 5.35. The van der Waals surface area contributed by atoms with Gasteiger partial charge in [-0.1, -0.05) is 6.42 Å². The van der Waals surface area contributed by atoms with Gasteiger partial charge in [-0.25, -0.2) is 0 Å². The zero-order valence-electron chi connectivity index (χ0n) is 12.0. The molecule has 1 aliphatic heterocycles. The van der Waals surface area contributed by atoms with E-state index in [0.29, 0.717) is 18.4 Å². The molecular formula is C15H25N3O2. The van der Waals surface area contributed by atoms with Crippen LogP contribution in [0.25, 0.3) is 0 Å². The van der Waals surface area contributed by atoms with E-state index in [-0.39, 0.29) is 29.8 Å². The molecule has 5 heteroatoms. The molecule has 2 aliphatic carbocycles. The molecule has 3 fully saturated rings. The Balaban J connectivity index is 1.70. The molecule has 3 unspecified atom stereocenters. The fourth-order valence-electron chi connectivity index (χ4n) is 4.55. The molecule has 0 aromatic rings. The Morgan fingerprint density at radius 1 is 1.00 bits per heavy atom. The lowest BCUT2D eigenvalue weighted by atomic mass is 9.65. The predicted molar refractivity (Wildman–Crippen MR) is 75.5 cm³/mol. The third-order valence-corrected chi connectivity index (χ3v) is 5.63. The molecule has 0 spiro atoms. The number of hydrogen-bond acceptors (Lipinski definition) is 3. The Kier molecular flexibility index (Phi) is 3.71. The van der Waals surface area contributed by atoms with Crippen molar-refractivity contribution in [3.05, 3.63) is 0 Å². The second-order valence-corrected chi connectivity index (χ2v) is 6.79. The molecule has 0 aromatic carbocycles. The van der Waals surface area contributed by atoms with Crippen LogP contribution in [0.2, 0.25) is 0 Å². The largest absolute Gasteiger partial charge is 0.368 e. The van der Waals surface area contributed by atoms with Crippen LogP contribution in [0.1, 0.15) is 44.9 Å². The molecule has 2 amide bonds. The van der Waals surface area contributed by atoms with E-state index in [1.807, 2.05) is 0 Å². The standard InChI is InChI=1S/C15H25N3O2/c16-13-9-3-1-4-10(13)8-11(7-9)15(20)18-6-2-5-12(18)14(17)19/h9-13H,1-8,16H2,(H2,17,19). The van der Waals surface area contributed by atoms with Gasteiger partial charge in [0.25, 0.3) is 0 Å². The molecule has 3 aliphatic rings. The van der Waals surface area contributed by atoms with Gasteiger partial charge in [0.1, 0.15) is 6.04 Å². The molecule has 112 valence electrons. The summed E-state index contributed by atoms with van der Waals surface area (Å²) in [5.74, 6) is 0.834. The van der Waals surface area contributed by atoms with E-state index in [0.717, 1.165) is 38.5 Å². The average Bonchev–Trinajstić information content (AvgIpc) is 2.86. The van der Waals surface area contributed by atoms with Crippen molar-refractivity contribution >= 4 is 11.8 Å². The Bertz CT molecular complexity index is 398. The van der Waals surface area contributed by atoms with Crippen molar-refractivity contribution in [1.29, 1.82) is 0 Å². The van der Waals surface area contributed by atoms with Gasteiger partial charge in [0.2, 0.25) is 11.8 Å². The molecule has 20 heavy (non-hydrogen) atoms. The molecule has 2 saturated carbocycles. The predicted octanol–water partition coefficient (Wildman–Crippen LogP) is 0.616. The van der Waals surface area contributed by atoms with Crippen LogP contribution in [0.5, 0.6) is 0 Å². The van der Waals surface area contributed by atoms with Crippen molar-refractivity contribution in [3.8, 4) is 0 Å². The summed E-state index contributed by atoms with van der Waals surface area (Å²) in [4.78, 5) is 25.9. The molecule has 1 saturated heterocycles. The molecule has 3 atom stereocenters. The second-order valence-electron chi connectivity index (χ2n) is 6.79. The van der Waals surface area contributed by atoms with Gasteiger partial charge in [0.15, 0.2) is 0 Å². The summed E-state index contributed by atoms with van der Waals surface area (Å²) < 4.78 is 0. The average molecular weight is 279 g/mol. The van der Waals surface area contributed by atoms with Gasteiger partial charge < -0.3 is 16.4 Å². The zero-order chi connectivity index (χ0) is 14.3. The number of hydrogen-bond donors (Lipinski definition) is 2. The monoisotopic (exact) mass is 279 g/mol. The molecule has 2 bridgehead atoms. The lowest BCUT2D eigenvalue weighted by Crippen LogP contribution is -2.52. The Labute approximate surface area is 120 Å². The van der Waals surface area contributed by atoms with Gasteiger partial charge in [-0.2, -0.15) is 0 Å². The van der Waals surface area contributed by atoms with Crippen LogP contribution in [-0.4, -0.2) is 35.3 Å². The van der Waals surface area contributed by atoms with Crippen molar-refractivity contribution in [2.24, 2.45) is 29.2 Å². The first-order chi connectivity index (χ1) is 9.58. The number of likely N-dealkylation sites (tertiary alicyclic amines) is 1. The summed E-state index contributed by atoms with van der Waals surface area (Å²) in [5, 5.41) is 0. The minimum atomic E-state index is -0.377. The van der Waals surface area contributed by atoms with E-state index in [4.69, 9.17) is 11.5 Å². The van der Waals surface area contributed by atoms with Crippen molar-refractivity contribution in [3.63, 3.8) is 0 Å². The third-order valence-electron chi connectivity index (χ3n) is 5.63. The summed E-state index contributed by atoms with van der Waals surface area (Å²) in [7, 11) is 0. The van der Waals surface area contributed by atoms with Gasteiger partial charge in [0.05, 0.1) is 0 Å². The fraction of sp³-hybridized carbons (Fsp3) is 0.867. The smallest absolute Gasteiger partial charge is 0.240 e. The maximum absolute atomic E-state index is 12.7. The van der Waals surface area contributed by atoms with Gasteiger partial charge in [-0.3, -0.25) is 9.59 Å². The quantitative estimate of drug-likeness (QED) is 0.776. The van der Waals surface area contributed by atoms with E-state index in [1.54, 1.807) is 4.90 Å². The first kappa shape index (κ1) is 13.9. The summed E-state index contributed by atoms with van der Waals surface area (Å²) >= 11 is 0. The molecule has 0 radical (unpaired) electrons. The minimum Gasteiger partial charge on any atom is -0.368 e. The molecule has 5 nitrogen and oxygen atoms in total. The lowest BCUT2D eigenvalue weighted by Gasteiger charge is -2.44. The van der Waals surface area contributed by atoms with Crippen molar-refractivity contribution in [2.45, 2.75) is 57.0 Å².